The number of nitrogens with zero attached hydrogens (tertiary/aromatic N) is 1. The highest BCUT2D eigenvalue weighted by Gasteiger charge is 2.03. The highest BCUT2D eigenvalue weighted by atomic mass is 16.5. The highest BCUT2D eigenvalue weighted by molar-refractivity contribution is 5.29. The Morgan fingerprint density at radius 2 is 2.27 bits per heavy atom. The average molecular weight is 204 g/mol. The molecule has 1 aromatic rings. The molecular weight excluding hydrogens is 188 g/mol. The highest BCUT2D eigenvalue weighted by Crippen LogP contribution is 2.16. The zero-order valence-corrected chi connectivity index (χ0v) is 9.42. The fourth-order valence-corrected chi connectivity index (χ4v) is 1.21. The Morgan fingerprint density at radius 1 is 1.47 bits per heavy atom. The standard InChI is InChI=1S/C12H16N2O/c1-4-5-8-15-12-7-6-10(2)14-11(12)9-13-3/h6-7,13H,8-9H2,1-3H3. The Morgan fingerprint density at radius 3 is 2.93 bits per heavy atom. The molecule has 0 spiro atoms. The van der Waals surface area contributed by atoms with Crippen LogP contribution in [0.5, 0.6) is 5.75 Å². The van der Waals surface area contributed by atoms with Gasteiger partial charge in [-0.05, 0) is 33.0 Å². The summed E-state index contributed by atoms with van der Waals surface area (Å²) in [4.78, 5) is 4.41. The van der Waals surface area contributed by atoms with Gasteiger partial charge in [0.25, 0.3) is 0 Å². The summed E-state index contributed by atoms with van der Waals surface area (Å²) in [5.41, 5.74) is 1.92. The first kappa shape index (κ1) is 11.5. The van der Waals surface area contributed by atoms with Crippen molar-refractivity contribution in [2.45, 2.75) is 20.4 Å². The first-order valence-electron chi connectivity index (χ1n) is 4.91. The molecule has 0 unspecified atom stereocenters. The second kappa shape index (κ2) is 6.05. The van der Waals surface area contributed by atoms with Crippen molar-refractivity contribution in [3.05, 3.63) is 23.5 Å². The largest absolute Gasteiger partial charge is 0.479 e. The van der Waals surface area contributed by atoms with Crippen LogP contribution in [0.1, 0.15) is 18.3 Å². The van der Waals surface area contributed by atoms with Crippen LogP contribution >= 0.6 is 0 Å². The van der Waals surface area contributed by atoms with Crippen LogP contribution in [-0.4, -0.2) is 18.6 Å². The summed E-state index contributed by atoms with van der Waals surface area (Å²) in [7, 11) is 1.89. The van der Waals surface area contributed by atoms with Crippen LogP contribution in [0.4, 0.5) is 0 Å². The van der Waals surface area contributed by atoms with Crippen LogP contribution in [-0.2, 0) is 6.54 Å². The molecular formula is C12H16N2O. The third-order valence-corrected chi connectivity index (χ3v) is 1.89. The number of nitrogens with one attached hydrogen (secondary N) is 1. The van der Waals surface area contributed by atoms with Crippen LogP contribution in [0.15, 0.2) is 12.1 Å². The van der Waals surface area contributed by atoms with E-state index >= 15 is 0 Å². The van der Waals surface area contributed by atoms with Crippen molar-refractivity contribution in [2.24, 2.45) is 0 Å². The lowest BCUT2D eigenvalue weighted by molar-refractivity contribution is 0.362. The summed E-state index contributed by atoms with van der Waals surface area (Å²) in [6.45, 7) is 4.88. The maximum atomic E-state index is 5.51. The van der Waals surface area contributed by atoms with E-state index < -0.39 is 0 Å². The minimum atomic E-state index is 0.415. The Hall–Kier alpha value is -1.53. The number of aryl methyl sites for hydroxylation is 1. The lowest BCUT2D eigenvalue weighted by atomic mass is 10.3. The van der Waals surface area contributed by atoms with Crippen molar-refractivity contribution >= 4 is 0 Å². The molecule has 1 rings (SSSR count). The minimum absolute atomic E-state index is 0.415. The van der Waals surface area contributed by atoms with Gasteiger partial charge in [0.05, 0.1) is 5.69 Å². The number of pyridine rings is 1. The lowest BCUT2D eigenvalue weighted by Gasteiger charge is -2.08. The van der Waals surface area contributed by atoms with Gasteiger partial charge in [-0.1, -0.05) is 5.92 Å². The number of rotatable bonds is 4. The van der Waals surface area contributed by atoms with Gasteiger partial charge in [0.2, 0.25) is 0 Å². The molecule has 0 aliphatic rings. The molecule has 3 nitrogen and oxygen atoms in total. The first-order chi connectivity index (χ1) is 7.27. The molecule has 1 aromatic heterocycles. The van der Waals surface area contributed by atoms with Gasteiger partial charge in [-0.3, -0.25) is 4.98 Å². The number of hydrogen-bond acceptors (Lipinski definition) is 3. The van der Waals surface area contributed by atoms with E-state index in [0.29, 0.717) is 13.2 Å². The summed E-state index contributed by atoms with van der Waals surface area (Å²) in [5, 5.41) is 3.06. The number of hydrogen-bond donors (Lipinski definition) is 1. The molecule has 1 N–H and O–H groups in total. The van der Waals surface area contributed by atoms with Gasteiger partial charge in [0, 0.05) is 12.2 Å². The van der Waals surface area contributed by atoms with Gasteiger partial charge in [-0.15, -0.1) is 5.92 Å². The van der Waals surface area contributed by atoms with E-state index in [1.54, 1.807) is 6.92 Å². The van der Waals surface area contributed by atoms with Gasteiger partial charge in [-0.2, -0.15) is 0 Å². The van der Waals surface area contributed by atoms with Crippen LogP contribution in [0.25, 0.3) is 0 Å². The monoisotopic (exact) mass is 204 g/mol. The normalized spacial score (nSPS) is 9.27. The van der Waals surface area contributed by atoms with Gasteiger partial charge < -0.3 is 10.1 Å². The lowest BCUT2D eigenvalue weighted by Crippen LogP contribution is -2.10. The number of ether oxygens (including phenoxy) is 1. The summed E-state index contributed by atoms with van der Waals surface area (Å²) in [6, 6.07) is 3.88. The SMILES string of the molecule is CC#CCOc1ccc(C)nc1CNC. The maximum absolute atomic E-state index is 5.51. The molecule has 80 valence electrons. The average Bonchev–Trinajstić information content (AvgIpc) is 2.22. The third-order valence-electron chi connectivity index (χ3n) is 1.89. The number of aromatic nitrogens is 1. The summed E-state index contributed by atoms with van der Waals surface area (Å²) < 4.78 is 5.51. The quantitative estimate of drug-likeness (QED) is 0.755. The second-order valence-corrected chi connectivity index (χ2v) is 3.14. The molecule has 0 radical (unpaired) electrons. The van der Waals surface area contributed by atoms with Crippen LogP contribution in [0.3, 0.4) is 0 Å². The molecule has 1 heterocycles. The van der Waals surface area contributed by atoms with Crippen molar-refractivity contribution in [1.82, 2.24) is 10.3 Å². The second-order valence-electron chi connectivity index (χ2n) is 3.14. The van der Waals surface area contributed by atoms with Crippen LogP contribution in [0.2, 0.25) is 0 Å². The van der Waals surface area contributed by atoms with E-state index in [-0.39, 0.29) is 0 Å². The van der Waals surface area contributed by atoms with Gasteiger partial charge >= 0.3 is 0 Å². The van der Waals surface area contributed by atoms with Crippen LogP contribution in [0, 0.1) is 18.8 Å². The molecule has 0 amide bonds. The molecule has 0 aliphatic carbocycles. The molecule has 0 saturated heterocycles. The van der Waals surface area contributed by atoms with Crippen molar-refractivity contribution < 1.29 is 4.74 Å². The van der Waals surface area contributed by atoms with Crippen LogP contribution < -0.4 is 10.1 Å². The van der Waals surface area contributed by atoms with Gasteiger partial charge in [0.1, 0.15) is 12.4 Å². The molecule has 0 fully saturated rings. The molecule has 0 atom stereocenters. The van der Waals surface area contributed by atoms with Crippen molar-refractivity contribution in [3.63, 3.8) is 0 Å². The summed E-state index contributed by atoms with van der Waals surface area (Å²) >= 11 is 0. The maximum Gasteiger partial charge on any atom is 0.149 e. The van der Waals surface area contributed by atoms with Gasteiger partial charge in [-0.25, -0.2) is 0 Å². The topological polar surface area (TPSA) is 34.1 Å². The van der Waals surface area contributed by atoms with Gasteiger partial charge in [0.15, 0.2) is 0 Å². The summed E-state index contributed by atoms with van der Waals surface area (Å²) in [5.74, 6) is 6.45. The Labute approximate surface area is 90.9 Å². The van der Waals surface area contributed by atoms with E-state index in [2.05, 4.69) is 22.1 Å². The minimum Gasteiger partial charge on any atom is -0.479 e. The molecule has 0 aromatic carbocycles. The molecule has 15 heavy (non-hydrogen) atoms. The fourth-order valence-electron chi connectivity index (χ4n) is 1.21. The van der Waals surface area contributed by atoms with Crippen molar-refractivity contribution in [3.8, 4) is 17.6 Å². The zero-order chi connectivity index (χ0) is 11.1. The summed E-state index contributed by atoms with van der Waals surface area (Å²) in [6.07, 6.45) is 0. The molecule has 0 saturated carbocycles. The Bertz CT molecular complexity index is 377. The predicted octanol–water partition coefficient (Wildman–Crippen LogP) is 1.51. The van der Waals surface area contributed by atoms with E-state index in [4.69, 9.17) is 4.74 Å². The van der Waals surface area contributed by atoms with E-state index in [1.807, 2.05) is 26.1 Å². The van der Waals surface area contributed by atoms with Crippen molar-refractivity contribution in [2.75, 3.05) is 13.7 Å². The Balaban J connectivity index is 2.78. The Kier molecular flexibility index (Phi) is 4.65. The van der Waals surface area contributed by atoms with E-state index in [9.17, 15) is 0 Å². The molecule has 0 aliphatic heterocycles. The smallest absolute Gasteiger partial charge is 0.149 e. The van der Waals surface area contributed by atoms with E-state index in [1.165, 1.54) is 0 Å². The third kappa shape index (κ3) is 3.61. The van der Waals surface area contributed by atoms with Crippen molar-refractivity contribution in [1.29, 1.82) is 0 Å². The molecule has 3 heteroatoms. The predicted molar refractivity (Wildman–Crippen MR) is 60.7 cm³/mol. The molecule has 0 bridgehead atoms. The fraction of sp³-hybridized carbons (Fsp3) is 0.417. The van der Waals surface area contributed by atoms with E-state index in [0.717, 1.165) is 17.1 Å². The zero-order valence-electron chi connectivity index (χ0n) is 9.42. The first-order valence-corrected chi connectivity index (χ1v) is 4.91.